The lowest BCUT2D eigenvalue weighted by atomic mass is 9.92. The first-order chi connectivity index (χ1) is 18.3. The van der Waals surface area contributed by atoms with Crippen LogP contribution >= 0.6 is 11.8 Å². The lowest BCUT2D eigenvalue weighted by molar-refractivity contribution is -0.127. The van der Waals surface area contributed by atoms with Crippen molar-refractivity contribution in [2.24, 2.45) is 4.99 Å². The molecule has 8 heteroatoms. The number of nitrogens with zero attached hydrogens (tertiary/aromatic N) is 3. The molecule has 2 aliphatic rings. The number of hydrogen-bond donors (Lipinski definition) is 1. The number of rotatable bonds is 10. The number of thioether (sulfide) groups is 1. The second-order valence-electron chi connectivity index (χ2n) is 9.62. The summed E-state index contributed by atoms with van der Waals surface area (Å²) in [5.74, 6) is 0.617. The Morgan fingerprint density at radius 3 is 2.53 bits per heavy atom. The average Bonchev–Trinajstić information content (AvgIpc) is 3.29. The van der Waals surface area contributed by atoms with E-state index in [9.17, 15) is 9.59 Å². The van der Waals surface area contributed by atoms with Crippen molar-refractivity contribution in [2.45, 2.75) is 59.7 Å². The molecule has 1 N–H and O–H groups in total. The van der Waals surface area contributed by atoms with Crippen molar-refractivity contribution in [2.75, 3.05) is 13.1 Å². The Balaban J connectivity index is 1.72. The van der Waals surface area contributed by atoms with E-state index in [0.717, 1.165) is 27.7 Å². The number of amidine groups is 1. The van der Waals surface area contributed by atoms with Gasteiger partial charge in [0.1, 0.15) is 12.4 Å². The van der Waals surface area contributed by atoms with Crippen LogP contribution < -0.4 is 10.1 Å². The van der Waals surface area contributed by atoms with Gasteiger partial charge in [0.05, 0.1) is 23.7 Å². The van der Waals surface area contributed by atoms with E-state index in [1.54, 1.807) is 0 Å². The first kappa shape index (κ1) is 27.5. The van der Waals surface area contributed by atoms with Crippen LogP contribution in [0.25, 0.3) is 0 Å². The zero-order valence-electron chi connectivity index (χ0n) is 22.7. The number of nitrogens with one attached hydrogen (secondary N) is 1. The van der Waals surface area contributed by atoms with E-state index in [2.05, 4.69) is 5.32 Å². The molecule has 0 radical (unpaired) electrons. The predicted molar refractivity (Wildman–Crippen MR) is 153 cm³/mol. The molecule has 0 saturated heterocycles. The molecule has 2 aromatic rings. The van der Waals surface area contributed by atoms with Crippen LogP contribution in [0.3, 0.4) is 0 Å². The van der Waals surface area contributed by atoms with Gasteiger partial charge >= 0.3 is 0 Å². The smallest absolute Gasteiger partial charge is 0.254 e. The van der Waals surface area contributed by atoms with Crippen LogP contribution in [0.1, 0.15) is 58.2 Å². The summed E-state index contributed by atoms with van der Waals surface area (Å²) in [6.07, 6.45) is 0.205. The minimum Gasteiger partial charge on any atom is -0.489 e. The fraction of sp³-hybridized carbons (Fsp3) is 0.367. The van der Waals surface area contributed by atoms with E-state index >= 15 is 0 Å². The van der Waals surface area contributed by atoms with Gasteiger partial charge in [-0.2, -0.15) is 0 Å². The molecule has 0 spiro atoms. The molecule has 4 rings (SSSR count). The van der Waals surface area contributed by atoms with Crippen molar-refractivity contribution in [1.29, 1.82) is 0 Å². The van der Waals surface area contributed by atoms with Crippen molar-refractivity contribution in [3.8, 4) is 5.75 Å². The first-order valence-corrected chi connectivity index (χ1v) is 14.0. The Kier molecular flexibility index (Phi) is 8.94. The third kappa shape index (κ3) is 6.13. The summed E-state index contributed by atoms with van der Waals surface area (Å²) in [5, 5.41) is 5.72. The van der Waals surface area contributed by atoms with Crippen LogP contribution in [0.2, 0.25) is 0 Å². The highest BCUT2D eigenvalue weighted by Crippen LogP contribution is 2.45. The number of carbonyl (C=O) groups excluding carboxylic acids is 2. The molecule has 2 amide bonds. The van der Waals surface area contributed by atoms with Crippen LogP contribution in [-0.4, -0.2) is 45.9 Å². The Bertz CT molecular complexity index is 1270. The normalized spacial score (nSPS) is 16.7. The second-order valence-corrected chi connectivity index (χ2v) is 10.5. The van der Waals surface area contributed by atoms with Crippen molar-refractivity contribution < 1.29 is 14.3 Å². The number of hydrogen-bond acceptors (Lipinski definition) is 6. The quantitative estimate of drug-likeness (QED) is 0.430. The van der Waals surface area contributed by atoms with Gasteiger partial charge < -0.3 is 19.9 Å². The van der Waals surface area contributed by atoms with Gasteiger partial charge in [0, 0.05) is 24.8 Å². The molecule has 2 aliphatic heterocycles. The topological polar surface area (TPSA) is 74.2 Å². The Morgan fingerprint density at radius 1 is 1.11 bits per heavy atom. The molecular weight excluding hydrogens is 496 g/mol. The highest BCUT2D eigenvalue weighted by molar-refractivity contribution is 8.16. The number of benzene rings is 2. The molecule has 0 saturated carbocycles. The number of likely N-dealkylation sites (N-methyl/N-ethyl adjacent to an activating group) is 1. The molecule has 38 heavy (non-hydrogen) atoms. The van der Waals surface area contributed by atoms with Gasteiger partial charge in [0.15, 0.2) is 5.17 Å². The first-order valence-electron chi connectivity index (χ1n) is 13.1. The number of fused-ring (bicyclic) bond motifs is 1. The summed E-state index contributed by atoms with van der Waals surface area (Å²) in [4.78, 5) is 35.3. The van der Waals surface area contributed by atoms with Gasteiger partial charge in [-0.15, -0.1) is 0 Å². The Hall–Kier alpha value is -3.52. The van der Waals surface area contributed by atoms with Crippen LogP contribution in [0.4, 0.5) is 0 Å². The Labute approximate surface area is 229 Å². The van der Waals surface area contributed by atoms with E-state index in [-0.39, 0.29) is 24.3 Å². The van der Waals surface area contributed by atoms with Crippen LogP contribution in [0.5, 0.6) is 5.75 Å². The number of amides is 2. The van der Waals surface area contributed by atoms with Crippen molar-refractivity contribution in [3.05, 3.63) is 88.1 Å². The highest BCUT2D eigenvalue weighted by Gasteiger charge is 2.41. The van der Waals surface area contributed by atoms with Crippen molar-refractivity contribution >= 4 is 28.7 Å². The summed E-state index contributed by atoms with van der Waals surface area (Å²) < 4.78 is 6.14. The predicted octanol–water partition coefficient (Wildman–Crippen LogP) is 5.62. The maximum Gasteiger partial charge on any atom is 0.254 e. The van der Waals surface area contributed by atoms with Crippen molar-refractivity contribution in [1.82, 2.24) is 15.1 Å². The van der Waals surface area contributed by atoms with Crippen LogP contribution in [-0.2, 0) is 16.2 Å². The molecule has 2 heterocycles. The van der Waals surface area contributed by atoms with Crippen LogP contribution in [0.15, 0.2) is 82.0 Å². The third-order valence-electron chi connectivity index (χ3n) is 6.50. The molecule has 7 nitrogen and oxygen atoms in total. The highest BCUT2D eigenvalue weighted by atomic mass is 32.2. The van der Waals surface area contributed by atoms with Gasteiger partial charge in [0.25, 0.3) is 5.91 Å². The standard InChI is InChI=1S/C30H36N4O3S/c1-6-33(7-2)29(36)27-21(5)32-30-34(24(19-38-30)17-26(35)31-20(3)4)28(27)23-14-11-15-25(16-23)37-18-22-12-9-8-10-13-22/h8-16,19-20,28H,6-7,17-18H2,1-5H3,(H,31,35). The lowest BCUT2D eigenvalue weighted by Gasteiger charge is -2.38. The molecule has 0 fully saturated rings. The third-order valence-corrected chi connectivity index (χ3v) is 7.38. The zero-order valence-corrected chi connectivity index (χ0v) is 23.5. The maximum atomic E-state index is 13.8. The number of ether oxygens (including phenoxy) is 1. The van der Waals surface area contributed by atoms with E-state index in [0.29, 0.717) is 31.0 Å². The summed E-state index contributed by atoms with van der Waals surface area (Å²) in [6, 6.07) is 17.5. The fourth-order valence-corrected chi connectivity index (χ4v) is 5.66. The second kappa shape index (κ2) is 12.3. The SMILES string of the molecule is CCN(CC)C(=O)C1=C(C)N=C2SC=C(CC(=O)NC(C)C)N2C1c1cccc(OCc2ccccc2)c1. The maximum absolute atomic E-state index is 13.8. The molecule has 200 valence electrons. The van der Waals surface area contributed by atoms with Crippen molar-refractivity contribution in [3.63, 3.8) is 0 Å². The van der Waals surface area contributed by atoms with Gasteiger partial charge in [-0.05, 0) is 63.3 Å². The molecule has 2 aromatic carbocycles. The van der Waals surface area contributed by atoms with E-state index in [4.69, 9.17) is 9.73 Å². The Morgan fingerprint density at radius 2 is 1.84 bits per heavy atom. The molecular formula is C30H36N4O3S. The van der Waals surface area contributed by atoms with E-state index in [1.165, 1.54) is 11.8 Å². The minimum atomic E-state index is -0.427. The van der Waals surface area contributed by atoms with Gasteiger partial charge in [-0.3, -0.25) is 9.59 Å². The summed E-state index contributed by atoms with van der Waals surface area (Å²) >= 11 is 1.49. The summed E-state index contributed by atoms with van der Waals surface area (Å²) in [5.41, 5.74) is 4.13. The molecule has 0 aromatic heterocycles. The molecule has 0 bridgehead atoms. The van der Waals surface area contributed by atoms with Gasteiger partial charge in [-0.25, -0.2) is 4.99 Å². The lowest BCUT2D eigenvalue weighted by Crippen LogP contribution is -2.42. The van der Waals surface area contributed by atoms with E-state index in [1.807, 2.05) is 104 Å². The average molecular weight is 533 g/mol. The van der Waals surface area contributed by atoms with Gasteiger partial charge in [-0.1, -0.05) is 54.2 Å². The van der Waals surface area contributed by atoms with Gasteiger partial charge in [0.2, 0.25) is 5.91 Å². The largest absolute Gasteiger partial charge is 0.489 e. The number of aliphatic imine (C=N–C) groups is 1. The minimum absolute atomic E-state index is 0.0428. The molecule has 0 aliphatic carbocycles. The summed E-state index contributed by atoms with van der Waals surface area (Å²) in [6.45, 7) is 11.4. The number of allylic oxidation sites excluding steroid dienone is 1. The summed E-state index contributed by atoms with van der Waals surface area (Å²) in [7, 11) is 0. The molecule has 1 atom stereocenters. The van der Waals surface area contributed by atoms with E-state index < -0.39 is 6.04 Å². The fourth-order valence-electron chi connectivity index (χ4n) is 4.69. The molecule has 1 unspecified atom stereocenters. The zero-order chi connectivity index (χ0) is 27.2. The monoisotopic (exact) mass is 532 g/mol. The van der Waals surface area contributed by atoms with Crippen LogP contribution in [0, 0.1) is 0 Å². The number of carbonyl (C=O) groups is 2.